The molecule has 3 rings (SSSR count). The van der Waals surface area contributed by atoms with E-state index in [-0.39, 0.29) is 18.2 Å². The molecule has 1 aliphatic heterocycles. The molecule has 27 heavy (non-hydrogen) atoms. The number of nitrogens with zero attached hydrogens (tertiary/aromatic N) is 3. The zero-order valence-electron chi connectivity index (χ0n) is 16.3. The van der Waals surface area contributed by atoms with Crippen LogP contribution >= 0.6 is 12.4 Å². The van der Waals surface area contributed by atoms with Crippen LogP contribution in [-0.4, -0.2) is 45.3 Å². The predicted molar refractivity (Wildman–Crippen MR) is 107 cm³/mol. The number of carbonyl (C=O) groups excluding carboxylic acids is 1. The maximum Gasteiger partial charge on any atom is 0.137 e. The lowest BCUT2D eigenvalue weighted by Crippen LogP contribution is -2.37. The summed E-state index contributed by atoms with van der Waals surface area (Å²) in [5, 5.41) is 0. The van der Waals surface area contributed by atoms with Gasteiger partial charge in [0.2, 0.25) is 0 Å². The molecule has 0 amide bonds. The largest absolute Gasteiger partial charge is 0.493 e. The van der Waals surface area contributed by atoms with Crippen molar-refractivity contribution < 1.29 is 9.53 Å². The Morgan fingerprint density at radius 3 is 2.78 bits per heavy atom. The van der Waals surface area contributed by atoms with Gasteiger partial charge in [0, 0.05) is 54.4 Å². The number of likely N-dealkylation sites (tertiary alicyclic amines) is 1. The van der Waals surface area contributed by atoms with E-state index in [9.17, 15) is 4.79 Å². The van der Waals surface area contributed by atoms with Gasteiger partial charge < -0.3 is 9.72 Å². The Morgan fingerprint density at radius 2 is 2.07 bits per heavy atom. The summed E-state index contributed by atoms with van der Waals surface area (Å²) in [5.74, 6) is 2.32. The summed E-state index contributed by atoms with van der Waals surface area (Å²) < 4.78 is 6.03. The second-order valence-corrected chi connectivity index (χ2v) is 7.37. The van der Waals surface area contributed by atoms with Gasteiger partial charge in [0.15, 0.2) is 0 Å². The van der Waals surface area contributed by atoms with E-state index in [0.29, 0.717) is 12.3 Å². The van der Waals surface area contributed by atoms with E-state index in [1.165, 1.54) is 12.8 Å². The molecule has 1 atom stereocenters. The van der Waals surface area contributed by atoms with Crippen LogP contribution in [0.15, 0.2) is 18.3 Å². The van der Waals surface area contributed by atoms with Crippen molar-refractivity contribution in [2.75, 3.05) is 19.7 Å². The molecular formula is C20H29ClN4O2. The summed E-state index contributed by atoms with van der Waals surface area (Å²) >= 11 is 0. The van der Waals surface area contributed by atoms with Gasteiger partial charge in [-0.3, -0.25) is 14.7 Å². The van der Waals surface area contributed by atoms with E-state index in [4.69, 9.17) is 4.74 Å². The Kier molecular flexibility index (Phi) is 7.80. The third kappa shape index (κ3) is 6.63. The number of aromatic nitrogens is 3. The third-order valence-corrected chi connectivity index (χ3v) is 4.64. The van der Waals surface area contributed by atoms with Crippen LogP contribution < -0.4 is 4.74 Å². The molecule has 1 fully saturated rings. The number of carbonyl (C=O) groups is 1. The minimum absolute atomic E-state index is 0. The summed E-state index contributed by atoms with van der Waals surface area (Å²) in [4.78, 5) is 25.6. The Balaban J connectivity index is 0.00000261. The molecule has 3 heterocycles. The van der Waals surface area contributed by atoms with Gasteiger partial charge in [0.25, 0.3) is 0 Å². The topological polar surface area (TPSA) is 71.1 Å². The smallest absolute Gasteiger partial charge is 0.137 e. The highest BCUT2D eigenvalue weighted by Crippen LogP contribution is 2.21. The lowest BCUT2D eigenvalue weighted by atomic mass is 9.99. The highest BCUT2D eigenvalue weighted by molar-refractivity contribution is 5.85. The second-order valence-electron chi connectivity index (χ2n) is 7.37. The molecule has 2 aromatic heterocycles. The monoisotopic (exact) mass is 392 g/mol. The third-order valence-electron chi connectivity index (χ3n) is 4.64. The van der Waals surface area contributed by atoms with E-state index in [0.717, 1.165) is 54.9 Å². The number of H-pyrrole nitrogens is 1. The molecule has 0 radical (unpaired) electrons. The number of hydrogen-bond acceptors (Lipinski definition) is 5. The molecule has 2 aromatic rings. The van der Waals surface area contributed by atoms with Crippen molar-refractivity contribution in [1.82, 2.24) is 19.9 Å². The SMILES string of the molecule is CC(=O)Cc1ncc(CN2CCCC(COc3cc(C)nc(C)c3)C2)[nH]1.Cl. The van der Waals surface area contributed by atoms with Crippen LogP contribution in [0.1, 0.15) is 42.7 Å². The molecule has 0 aliphatic carbocycles. The molecule has 6 nitrogen and oxygen atoms in total. The van der Waals surface area contributed by atoms with Gasteiger partial charge in [0.1, 0.15) is 17.4 Å². The number of rotatable bonds is 7. The molecule has 0 bridgehead atoms. The molecular weight excluding hydrogens is 364 g/mol. The first-order valence-corrected chi connectivity index (χ1v) is 9.30. The normalized spacial score (nSPS) is 17.4. The number of aromatic amines is 1. The zero-order chi connectivity index (χ0) is 18.5. The number of piperidine rings is 1. The number of nitrogens with one attached hydrogen (secondary N) is 1. The first kappa shape index (κ1) is 21.4. The zero-order valence-corrected chi connectivity index (χ0v) is 17.1. The van der Waals surface area contributed by atoms with Gasteiger partial charge in [-0.05, 0) is 40.2 Å². The number of imidazole rings is 1. The molecule has 148 valence electrons. The summed E-state index contributed by atoms with van der Waals surface area (Å²) in [6.07, 6.45) is 4.59. The minimum atomic E-state index is 0. The van der Waals surface area contributed by atoms with Crippen LogP contribution in [0.25, 0.3) is 0 Å². The number of pyridine rings is 1. The van der Waals surface area contributed by atoms with Crippen molar-refractivity contribution >= 4 is 18.2 Å². The summed E-state index contributed by atoms with van der Waals surface area (Å²) in [5.41, 5.74) is 3.06. The van der Waals surface area contributed by atoms with Crippen molar-refractivity contribution in [1.29, 1.82) is 0 Å². The van der Waals surface area contributed by atoms with Crippen LogP contribution in [0.4, 0.5) is 0 Å². The first-order valence-electron chi connectivity index (χ1n) is 9.30. The Hall–Kier alpha value is -1.92. The van der Waals surface area contributed by atoms with Crippen molar-refractivity contribution in [2.24, 2.45) is 5.92 Å². The van der Waals surface area contributed by atoms with Gasteiger partial charge in [-0.25, -0.2) is 4.98 Å². The average Bonchev–Trinajstić information content (AvgIpc) is 2.98. The Bertz CT molecular complexity index is 742. The fourth-order valence-corrected chi connectivity index (χ4v) is 3.58. The summed E-state index contributed by atoms with van der Waals surface area (Å²) in [6, 6.07) is 3.99. The summed E-state index contributed by atoms with van der Waals surface area (Å²) in [6.45, 7) is 9.26. The van der Waals surface area contributed by atoms with E-state index < -0.39 is 0 Å². The Labute approximate surface area is 167 Å². The molecule has 1 saturated heterocycles. The molecule has 1 N–H and O–H groups in total. The van der Waals surface area contributed by atoms with Crippen LogP contribution in [-0.2, 0) is 17.8 Å². The van der Waals surface area contributed by atoms with Crippen molar-refractivity contribution in [3.05, 3.63) is 41.2 Å². The van der Waals surface area contributed by atoms with Crippen LogP contribution in [0.3, 0.4) is 0 Å². The first-order chi connectivity index (χ1) is 12.5. The van der Waals surface area contributed by atoms with Crippen LogP contribution in [0.5, 0.6) is 5.75 Å². The van der Waals surface area contributed by atoms with E-state index in [2.05, 4.69) is 19.9 Å². The standard InChI is InChI=1S/C20H28N4O2.ClH/c1-14-7-19(8-15(2)22-14)26-13-17-5-4-6-24(11-17)12-18-10-21-20(23-18)9-16(3)25;/h7-8,10,17H,4-6,9,11-13H2,1-3H3,(H,21,23);1H. The molecule has 1 aliphatic rings. The number of aryl methyl sites for hydroxylation is 2. The number of Topliss-reactive ketones (excluding diaryl/α,β-unsaturated/α-hetero) is 1. The molecule has 0 saturated carbocycles. The highest BCUT2D eigenvalue weighted by Gasteiger charge is 2.21. The average molecular weight is 393 g/mol. The van der Waals surface area contributed by atoms with Gasteiger partial charge in [-0.1, -0.05) is 0 Å². The van der Waals surface area contributed by atoms with Crippen molar-refractivity contribution in [2.45, 2.75) is 46.6 Å². The van der Waals surface area contributed by atoms with E-state index in [1.807, 2.05) is 32.2 Å². The van der Waals surface area contributed by atoms with E-state index >= 15 is 0 Å². The number of halogens is 1. The Morgan fingerprint density at radius 1 is 1.33 bits per heavy atom. The fourth-order valence-electron chi connectivity index (χ4n) is 3.58. The maximum atomic E-state index is 11.2. The lowest BCUT2D eigenvalue weighted by molar-refractivity contribution is -0.116. The van der Waals surface area contributed by atoms with Crippen LogP contribution in [0, 0.1) is 19.8 Å². The van der Waals surface area contributed by atoms with Crippen molar-refractivity contribution in [3.63, 3.8) is 0 Å². The van der Waals surface area contributed by atoms with Gasteiger partial charge >= 0.3 is 0 Å². The minimum Gasteiger partial charge on any atom is -0.493 e. The summed E-state index contributed by atoms with van der Waals surface area (Å²) in [7, 11) is 0. The van der Waals surface area contributed by atoms with Crippen LogP contribution in [0.2, 0.25) is 0 Å². The molecule has 7 heteroatoms. The second kappa shape index (κ2) is 9.85. The lowest BCUT2D eigenvalue weighted by Gasteiger charge is -2.32. The number of ether oxygens (including phenoxy) is 1. The maximum absolute atomic E-state index is 11.2. The quantitative estimate of drug-likeness (QED) is 0.783. The fraction of sp³-hybridized carbons (Fsp3) is 0.550. The number of ketones is 1. The molecule has 1 unspecified atom stereocenters. The molecule has 0 aromatic carbocycles. The van der Waals surface area contributed by atoms with E-state index in [1.54, 1.807) is 6.92 Å². The predicted octanol–water partition coefficient (Wildman–Crippen LogP) is 3.27. The highest BCUT2D eigenvalue weighted by atomic mass is 35.5. The van der Waals surface area contributed by atoms with Gasteiger partial charge in [0.05, 0.1) is 13.0 Å². The van der Waals surface area contributed by atoms with Gasteiger partial charge in [-0.2, -0.15) is 0 Å². The van der Waals surface area contributed by atoms with Gasteiger partial charge in [-0.15, -0.1) is 12.4 Å². The van der Waals surface area contributed by atoms with Crippen molar-refractivity contribution in [3.8, 4) is 5.75 Å². The number of hydrogen-bond donors (Lipinski definition) is 1. The molecule has 0 spiro atoms.